The van der Waals surface area contributed by atoms with Crippen LogP contribution in [0.3, 0.4) is 0 Å². The first kappa shape index (κ1) is 15.7. The Bertz CT molecular complexity index is 546. The molecule has 5 heteroatoms. The molecule has 1 fully saturated rings. The Morgan fingerprint density at radius 3 is 2.91 bits per heavy atom. The summed E-state index contributed by atoms with van der Waals surface area (Å²) >= 11 is 1.73. The van der Waals surface area contributed by atoms with Crippen LogP contribution in [0.2, 0.25) is 0 Å². The van der Waals surface area contributed by atoms with Crippen LogP contribution in [0.15, 0.2) is 17.7 Å². The first-order valence-corrected chi connectivity index (χ1v) is 9.02. The molecule has 0 N–H and O–H groups in total. The highest BCUT2D eigenvalue weighted by atomic mass is 32.1. The number of aryl methyl sites for hydroxylation is 1. The van der Waals surface area contributed by atoms with E-state index in [0.717, 1.165) is 51.1 Å². The van der Waals surface area contributed by atoms with Gasteiger partial charge in [0, 0.05) is 37.0 Å². The van der Waals surface area contributed by atoms with Crippen LogP contribution in [0, 0.1) is 18.8 Å². The third kappa shape index (κ3) is 3.58. The van der Waals surface area contributed by atoms with Gasteiger partial charge in [0.1, 0.15) is 0 Å². The van der Waals surface area contributed by atoms with Crippen molar-refractivity contribution in [1.29, 1.82) is 0 Å². The van der Waals surface area contributed by atoms with Gasteiger partial charge in [-0.05, 0) is 39.2 Å². The van der Waals surface area contributed by atoms with Gasteiger partial charge in [-0.2, -0.15) is 0 Å². The Kier molecular flexibility index (Phi) is 4.93. The van der Waals surface area contributed by atoms with E-state index in [2.05, 4.69) is 40.9 Å². The second kappa shape index (κ2) is 6.92. The zero-order chi connectivity index (χ0) is 15.5. The number of allylic oxidation sites excluding steroid dienone is 2. The fourth-order valence-corrected chi connectivity index (χ4v) is 4.34. The Morgan fingerprint density at radius 2 is 2.23 bits per heavy atom. The van der Waals surface area contributed by atoms with E-state index in [1.165, 1.54) is 4.88 Å². The smallest absolute Gasteiger partial charge is 0.226 e. The first-order valence-electron chi connectivity index (χ1n) is 8.14. The predicted molar refractivity (Wildman–Crippen MR) is 89.7 cm³/mol. The van der Waals surface area contributed by atoms with E-state index in [-0.39, 0.29) is 5.92 Å². The zero-order valence-electron chi connectivity index (χ0n) is 13.5. The van der Waals surface area contributed by atoms with Gasteiger partial charge in [0.05, 0.1) is 11.2 Å². The van der Waals surface area contributed by atoms with Crippen LogP contribution in [0.25, 0.3) is 0 Å². The van der Waals surface area contributed by atoms with Gasteiger partial charge in [0.25, 0.3) is 0 Å². The molecule has 0 unspecified atom stereocenters. The van der Waals surface area contributed by atoms with Crippen molar-refractivity contribution in [1.82, 2.24) is 14.8 Å². The normalized spacial score (nSPS) is 22.1. The summed E-state index contributed by atoms with van der Waals surface area (Å²) in [5.74, 6) is 1.20. The van der Waals surface area contributed by atoms with Gasteiger partial charge in [-0.15, -0.1) is 11.3 Å². The monoisotopic (exact) mass is 319 g/mol. The molecule has 0 bridgehead atoms. The molecule has 1 aromatic heterocycles. The Hall–Kier alpha value is -1.20. The lowest BCUT2D eigenvalue weighted by Crippen LogP contribution is -2.35. The average molecular weight is 319 g/mol. The summed E-state index contributed by atoms with van der Waals surface area (Å²) in [6, 6.07) is 0. The minimum Gasteiger partial charge on any atom is -0.342 e. The molecule has 0 saturated carbocycles. The van der Waals surface area contributed by atoms with E-state index >= 15 is 0 Å². The number of hydrogen-bond donors (Lipinski definition) is 0. The maximum atomic E-state index is 12.4. The quantitative estimate of drug-likeness (QED) is 0.783. The van der Waals surface area contributed by atoms with Crippen molar-refractivity contribution in [2.75, 3.05) is 26.7 Å². The highest BCUT2D eigenvalue weighted by Gasteiger charge is 2.31. The van der Waals surface area contributed by atoms with E-state index < -0.39 is 0 Å². The van der Waals surface area contributed by atoms with Crippen LogP contribution in [0.5, 0.6) is 0 Å². The fourth-order valence-electron chi connectivity index (χ4n) is 3.49. The molecule has 1 amide bonds. The van der Waals surface area contributed by atoms with Crippen molar-refractivity contribution in [3.8, 4) is 0 Å². The Balaban J connectivity index is 1.46. The standard InChI is InChI=1S/C17H25N3OS/c1-13-16(22-12-18-13)11-19(2)9-14-7-8-20(10-14)17(21)15-5-3-4-6-15/h3-4,12,14-15H,5-11H2,1-2H3/t14-/m0/s1. The molecular formula is C17H25N3OS. The summed E-state index contributed by atoms with van der Waals surface area (Å²) in [5, 5.41) is 0. The topological polar surface area (TPSA) is 36.4 Å². The molecule has 3 rings (SSSR count). The van der Waals surface area contributed by atoms with Crippen LogP contribution >= 0.6 is 11.3 Å². The van der Waals surface area contributed by atoms with Crippen LogP contribution in [0.1, 0.15) is 29.8 Å². The molecule has 4 nitrogen and oxygen atoms in total. The van der Waals surface area contributed by atoms with Crippen molar-refractivity contribution in [2.45, 2.75) is 32.7 Å². The first-order chi connectivity index (χ1) is 10.6. The number of nitrogens with zero attached hydrogens (tertiary/aromatic N) is 3. The molecule has 2 aliphatic rings. The molecule has 1 atom stereocenters. The Morgan fingerprint density at radius 1 is 1.45 bits per heavy atom. The van der Waals surface area contributed by atoms with Crippen molar-refractivity contribution < 1.29 is 4.79 Å². The van der Waals surface area contributed by atoms with Crippen LogP contribution in [-0.2, 0) is 11.3 Å². The molecule has 0 radical (unpaired) electrons. The van der Waals surface area contributed by atoms with Crippen LogP contribution < -0.4 is 0 Å². The van der Waals surface area contributed by atoms with Gasteiger partial charge < -0.3 is 9.80 Å². The second-order valence-corrected chi connectivity index (χ2v) is 7.58. The molecule has 0 spiro atoms. The lowest BCUT2D eigenvalue weighted by atomic mass is 10.1. The SMILES string of the molecule is Cc1ncsc1CN(C)C[C@@H]1CCN(C(=O)C2CC=CC2)C1. The third-order valence-electron chi connectivity index (χ3n) is 4.78. The molecule has 120 valence electrons. The van der Waals surface area contributed by atoms with Crippen molar-refractivity contribution in [2.24, 2.45) is 11.8 Å². The summed E-state index contributed by atoms with van der Waals surface area (Å²) in [6.45, 7) is 5.97. The second-order valence-electron chi connectivity index (χ2n) is 6.64. The van der Waals surface area contributed by atoms with E-state index in [1.54, 1.807) is 11.3 Å². The summed E-state index contributed by atoms with van der Waals surface area (Å²) in [7, 11) is 2.17. The zero-order valence-corrected chi connectivity index (χ0v) is 14.3. The van der Waals surface area contributed by atoms with Gasteiger partial charge in [-0.1, -0.05) is 12.2 Å². The molecular weight excluding hydrogens is 294 g/mol. The number of amides is 1. The number of aromatic nitrogens is 1. The molecule has 1 aliphatic heterocycles. The van der Waals surface area contributed by atoms with Gasteiger partial charge in [0.15, 0.2) is 0 Å². The minimum atomic E-state index is 0.219. The summed E-state index contributed by atoms with van der Waals surface area (Å²) in [4.78, 5) is 22.6. The van der Waals surface area contributed by atoms with Crippen LogP contribution in [0.4, 0.5) is 0 Å². The number of thiazole rings is 1. The Labute approximate surface area is 136 Å². The van der Waals surface area contributed by atoms with E-state index in [1.807, 2.05) is 5.51 Å². The van der Waals surface area contributed by atoms with Crippen molar-refractivity contribution in [3.05, 3.63) is 28.2 Å². The van der Waals surface area contributed by atoms with Gasteiger partial charge in [-0.25, -0.2) is 4.98 Å². The highest BCUT2D eigenvalue weighted by Crippen LogP contribution is 2.25. The number of carbonyl (C=O) groups excluding carboxylic acids is 1. The minimum absolute atomic E-state index is 0.219. The number of rotatable bonds is 5. The van der Waals surface area contributed by atoms with Gasteiger partial charge in [0.2, 0.25) is 5.91 Å². The predicted octanol–water partition coefficient (Wildman–Crippen LogP) is 2.70. The highest BCUT2D eigenvalue weighted by molar-refractivity contribution is 7.09. The molecule has 22 heavy (non-hydrogen) atoms. The maximum absolute atomic E-state index is 12.4. The molecule has 2 heterocycles. The van der Waals surface area contributed by atoms with E-state index in [9.17, 15) is 4.79 Å². The lowest BCUT2D eigenvalue weighted by molar-refractivity contribution is -0.134. The van der Waals surface area contributed by atoms with Gasteiger partial charge >= 0.3 is 0 Å². The summed E-state index contributed by atoms with van der Waals surface area (Å²) in [6.07, 6.45) is 7.29. The lowest BCUT2D eigenvalue weighted by Gasteiger charge is -2.23. The van der Waals surface area contributed by atoms with Gasteiger partial charge in [-0.3, -0.25) is 4.79 Å². The van der Waals surface area contributed by atoms with E-state index in [4.69, 9.17) is 0 Å². The molecule has 1 aliphatic carbocycles. The number of likely N-dealkylation sites (tertiary alicyclic amines) is 1. The van der Waals surface area contributed by atoms with Crippen molar-refractivity contribution in [3.63, 3.8) is 0 Å². The molecule has 1 saturated heterocycles. The summed E-state index contributed by atoms with van der Waals surface area (Å²) < 4.78 is 0. The average Bonchev–Trinajstić information content (AvgIpc) is 3.21. The number of hydrogen-bond acceptors (Lipinski definition) is 4. The largest absolute Gasteiger partial charge is 0.342 e. The maximum Gasteiger partial charge on any atom is 0.226 e. The molecule has 1 aromatic rings. The molecule has 0 aromatic carbocycles. The van der Waals surface area contributed by atoms with Crippen molar-refractivity contribution >= 4 is 17.2 Å². The fraction of sp³-hybridized carbons (Fsp3) is 0.647. The third-order valence-corrected chi connectivity index (χ3v) is 5.70. The van der Waals surface area contributed by atoms with E-state index in [0.29, 0.717) is 11.8 Å². The van der Waals surface area contributed by atoms with Crippen LogP contribution in [-0.4, -0.2) is 47.4 Å². The summed E-state index contributed by atoms with van der Waals surface area (Å²) in [5.41, 5.74) is 3.07. The number of carbonyl (C=O) groups is 1.